The number of anilines is 1. The van der Waals surface area contributed by atoms with Gasteiger partial charge < -0.3 is 0 Å². The Balaban J connectivity index is 2.15. The minimum atomic E-state index is -0.567. The zero-order valence-corrected chi connectivity index (χ0v) is 10.9. The van der Waals surface area contributed by atoms with Gasteiger partial charge in [-0.3, -0.25) is 24.7 Å². The van der Waals surface area contributed by atoms with Crippen LogP contribution in [-0.4, -0.2) is 21.7 Å². The predicted molar refractivity (Wildman–Crippen MR) is 73.2 cm³/mol. The van der Waals surface area contributed by atoms with E-state index < -0.39 is 16.7 Å². The van der Waals surface area contributed by atoms with Crippen LogP contribution in [0.4, 0.5) is 11.4 Å². The van der Waals surface area contributed by atoms with E-state index in [1.807, 2.05) is 0 Å². The van der Waals surface area contributed by atoms with Crippen LogP contribution >= 0.6 is 0 Å². The van der Waals surface area contributed by atoms with E-state index in [2.05, 4.69) is 4.98 Å². The van der Waals surface area contributed by atoms with Crippen molar-refractivity contribution in [3.63, 3.8) is 0 Å². The van der Waals surface area contributed by atoms with Crippen molar-refractivity contribution in [3.8, 4) is 0 Å². The Labute approximate surface area is 119 Å². The molecule has 0 fully saturated rings. The highest BCUT2D eigenvalue weighted by atomic mass is 16.6. The number of carbonyl (C=O) groups excluding carboxylic acids is 2. The van der Waals surface area contributed by atoms with E-state index in [1.54, 1.807) is 6.92 Å². The lowest BCUT2D eigenvalue weighted by molar-refractivity contribution is -0.384. The molecule has 2 heterocycles. The maximum Gasteiger partial charge on any atom is 0.271 e. The molecule has 104 valence electrons. The fraction of sp³-hybridized carbons (Fsp3) is 0.0714. The van der Waals surface area contributed by atoms with E-state index in [1.165, 1.54) is 36.7 Å². The minimum absolute atomic E-state index is 0.176. The summed E-state index contributed by atoms with van der Waals surface area (Å²) in [6.07, 6.45) is 2.75. The van der Waals surface area contributed by atoms with Crippen LogP contribution in [0.1, 0.15) is 26.3 Å². The largest absolute Gasteiger partial charge is 0.271 e. The van der Waals surface area contributed by atoms with Crippen molar-refractivity contribution in [2.45, 2.75) is 6.92 Å². The first-order valence-corrected chi connectivity index (χ1v) is 6.08. The molecule has 1 aliphatic heterocycles. The number of non-ortho nitro benzene ring substituents is 1. The van der Waals surface area contributed by atoms with Crippen molar-refractivity contribution in [2.75, 3.05) is 4.90 Å². The average Bonchev–Trinajstić information content (AvgIpc) is 2.72. The Bertz CT molecular complexity index is 766. The molecular formula is C14H9N3O4. The van der Waals surface area contributed by atoms with Gasteiger partial charge in [0.05, 0.1) is 21.7 Å². The second kappa shape index (κ2) is 4.48. The van der Waals surface area contributed by atoms with Crippen LogP contribution in [0.2, 0.25) is 0 Å². The fourth-order valence-corrected chi connectivity index (χ4v) is 2.26. The Kier molecular flexibility index (Phi) is 2.76. The van der Waals surface area contributed by atoms with E-state index in [0.717, 1.165) is 4.90 Å². The monoisotopic (exact) mass is 283 g/mol. The summed E-state index contributed by atoms with van der Waals surface area (Å²) < 4.78 is 0. The van der Waals surface area contributed by atoms with E-state index in [9.17, 15) is 19.7 Å². The number of hydrogen-bond donors (Lipinski definition) is 0. The van der Waals surface area contributed by atoms with Gasteiger partial charge in [0.25, 0.3) is 17.5 Å². The highest BCUT2D eigenvalue weighted by molar-refractivity contribution is 6.34. The number of hydrogen-bond acceptors (Lipinski definition) is 5. The summed E-state index contributed by atoms with van der Waals surface area (Å²) in [5.41, 5.74) is 1.10. The van der Waals surface area contributed by atoms with E-state index in [0.29, 0.717) is 5.56 Å². The molecule has 3 rings (SSSR count). The first-order valence-electron chi connectivity index (χ1n) is 6.08. The number of nitrogens with zero attached hydrogens (tertiary/aromatic N) is 3. The normalized spacial score (nSPS) is 13.5. The number of aromatic nitrogens is 1. The van der Waals surface area contributed by atoms with Crippen molar-refractivity contribution < 1.29 is 14.5 Å². The third-order valence-corrected chi connectivity index (χ3v) is 3.33. The number of benzene rings is 1. The van der Waals surface area contributed by atoms with Crippen molar-refractivity contribution in [1.29, 1.82) is 0 Å². The van der Waals surface area contributed by atoms with Crippen LogP contribution in [0.3, 0.4) is 0 Å². The Morgan fingerprint density at radius 1 is 1.14 bits per heavy atom. The smallest absolute Gasteiger partial charge is 0.268 e. The third-order valence-electron chi connectivity index (χ3n) is 3.33. The molecule has 7 heteroatoms. The summed E-state index contributed by atoms with van der Waals surface area (Å²) in [4.78, 5) is 39.8. The summed E-state index contributed by atoms with van der Waals surface area (Å²) in [7, 11) is 0. The van der Waals surface area contributed by atoms with Gasteiger partial charge in [-0.15, -0.1) is 0 Å². The third kappa shape index (κ3) is 1.86. The van der Waals surface area contributed by atoms with Gasteiger partial charge in [-0.25, -0.2) is 4.90 Å². The predicted octanol–water partition coefficient (Wildman–Crippen LogP) is 2.10. The van der Waals surface area contributed by atoms with Gasteiger partial charge in [-0.2, -0.15) is 0 Å². The number of nitro benzene ring substituents is 1. The number of fused-ring (bicyclic) bond motifs is 1. The maximum absolute atomic E-state index is 12.3. The van der Waals surface area contributed by atoms with Crippen molar-refractivity contribution >= 4 is 23.2 Å². The molecule has 2 amide bonds. The topological polar surface area (TPSA) is 93.4 Å². The molecule has 0 saturated heterocycles. The minimum Gasteiger partial charge on any atom is -0.268 e. The van der Waals surface area contributed by atoms with Crippen LogP contribution in [0.5, 0.6) is 0 Å². The van der Waals surface area contributed by atoms with Crippen molar-refractivity contribution in [3.05, 3.63) is 63.5 Å². The second-order valence-electron chi connectivity index (χ2n) is 4.59. The maximum atomic E-state index is 12.3. The van der Waals surface area contributed by atoms with Gasteiger partial charge in [-0.05, 0) is 18.6 Å². The van der Waals surface area contributed by atoms with E-state index in [4.69, 9.17) is 0 Å². The summed E-state index contributed by atoms with van der Waals surface area (Å²) in [5, 5.41) is 10.9. The average molecular weight is 283 g/mol. The SMILES string of the molecule is Cc1ccc([N+](=O)[O-])cc1N1C(=O)c2ccncc2C1=O. The first kappa shape index (κ1) is 12.9. The Morgan fingerprint density at radius 2 is 1.86 bits per heavy atom. The van der Waals surface area contributed by atoms with Gasteiger partial charge >= 0.3 is 0 Å². The molecule has 0 saturated carbocycles. The van der Waals surface area contributed by atoms with Crippen LogP contribution < -0.4 is 4.90 Å². The Hall–Kier alpha value is -3.09. The lowest BCUT2D eigenvalue weighted by Gasteiger charge is -2.16. The molecule has 0 bridgehead atoms. The van der Waals surface area contributed by atoms with Gasteiger partial charge in [0.2, 0.25) is 0 Å². The van der Waals surface area contributed by atoms with Crippen LogP contribution in [-0.2, 0) is 0 Å². The number of pyridine rings is 1. The molecule has 1 aromatic carbocycles. The fourth-order valence-electron chi connectivity index (χ4n) is 2.26. The van der Waals surface area contributed by atoms with Crippen LogP contribution in [0.25, 0.3) is 0 Å². The number of rotatable bonds is 2. The molecule has 1 aromatic heterocycles. The summed E-state index contributed by atoms with van der Waals surface area (Å²) in [6.45, 7) is 1.68. The number of carbonyl (C=O) groups is 2. The molecule has 0 radical (unpaired) electrons. The van der Waals surface area contributed by atoms with Crippen molar-refractivity contribution in [2.24, 2.45) is 0 Å². The summed E-state index contributed by atoms with van der Waals surface area (Å²) in [6, 6.07) is 5.53. The number of amides is 2. The highest BCUT2D eigenvalue weighted by Gasteiger charge is 2.37. The molecule has 2 aromatic rings. The number of nitro groups is 1. The molecular weight excluding hydrogens is 274 g/mol. The van der Waals surface area contributed by atoms with Gasteiger partial charge in [-0.1, -0.05) is 6.07 Å². The summed E-state index contributed by atoms with van der Waals surface area (Å²) >= 11 is 0. The molecule has 1 aliphatic rings. The zero-order valence-electron chi connectivity index (χ0n) is 10.9. The van der Waals surface area contributed by atoms with E-state index >= 15 is 0 Å². The first-order chi connectivity index (χ1) is 10.0. The van der Waals surface area contributed by atoms with Gasteiger partial charge in [0, 0.05) is 24.5 Å². The molecule has 21 heavy (non-hydrogen) atoms. The quantitative estimate of drug-likeness (QED) is 0.478. The standard InChI is InChI=1S/C14H9N3O4/c1-8-2-3-9(17(20)21)6-12(8)16-13(18)10-4-5-15-7-11(10)14(16)19/h2-7H,1H3. The lowest BCUT2D eigenvalue weighted by atomic mass is 10.1. The zero-order chi connectivity index (χ0) is 15.1. The second-order valence-corrected chi connectivity index (χ2v) is 4.59. The lowest BCUT2D eigenvalue weighted by Crippen LogP contribution is -2.30. The number of imide groups is 1. The van der Waals surface area contributed by atoms with Gasteiger partial charge in [0.15, 0.2) is 0 Å². The molecule has 7 nitrogen and oxygen atoms in total. The number of aryl methyl sites for hydroxylation is 1. The molecule has 0 N–H and O–H groups in total. The summed E-state index contributed by atoms with van der Waals surface area (Å²) in [5.74, 6) is -1.02. The van der Waals surface area contributed by atoms with Gasteiger partial charge in [0.1, 0.15) is 0 Å². The molecule has 0 aliphatic carbocycles. The van der Waals surface area contributed by atoms with Crippen molar-refractivity contribution in [1.82, 2.24) is 4.98 Å². The Morgan fingerprint density at radius 3 is 2.52 bits per heavy atom. The van der Waals surface area contributed by atoms with E-state index in [-0.39, 0.29) is 22.5 Å². The van der Waals surface area contributed by atoms with Crippen LogP contribution in [0.15, 0.2) is 36.7 Å². The molecule has 0 unspecified atom stereocenters. The highest BCUT2D eigenvalue weighted by Crippen LogP contribution is 2.32. The molecule has 0 spiro atoms. The molecule has 0 atom stereocenters. The van der Waals surface area contributed by atoms with Crippen LogP contribution in [0, 0.1) is 17.0 Å².